The molecule has 1 atom stereocenters. The van der Waals surface area contributed by atoms with Crippen molar-refractivity contribution in [2.24, 2.45) is 0 Å². The summed E-state index contributed by atoms with van der Waals surface area (Å²) in [6, 6.07) is 0. The van der Waals surface area contributed by atoms with Crippen molar-refractivity contribution in [2.75, 3.05) is 13.2 Å². The Hall–Kier alpha value is -0.550. The van der Waals surface area contributed by atoms with Crippen molar-refractivity contribution in [3.8, 4) is 0 Å². The van der Waals surface area contributed by atoms with E-state index in [2.05, 4.69) is 12.7 Å². The summed E-state index contributed by atoms with van der Waals surface area (Å²) in [5.41, 5.74) is 3.74. The van der Waals surface area contributed by atoms with Crippen LogP contribution in [0.4, 0.5) is 0 Å². The predicted octanol–water partition coefficient (Wildman–Crippen LogP) is 4.42. The molecule has 0 aliphatic carbocycles. The first-order chi connectivity index (χ1) is 13.5. The van der Waals surface area contributed by atoms with E-state index in [1.54, 1.807) is 0 Å². The fourth-order valence-corrected chi connectivity index (χ4v) is 3.00. The van der Waals surface area contributed by atoms with Gasteiger partial charge in [-0.3, -0.25) is 4.79 Å². The lowest BCUT2D eigenvalue weighted by Gasteiger charge is -2.04. The van der Waals surface area contributed by atoms with Gasteiger partial charge in [0, 0.05) is 12.8 Å². The minimum atomic E-state index is -3.12. The number of hydrogen-bond donors (Lipinski definition) is 2. The normalized spacial score (nSPS) is 10.9. The van der Waals surface area contributed by atoms with Gasteiger partial charge in [0.25, 0.3) is 0 Å². The van der Waals surface area contributed by atoms with Crippen LogP contribution in [-0.2, 0) is 14.1 Å². The first kappa shape index (κ1) is 29.6. The van der Waals surface area contributed by atoms with Crippen molar-refractivity contribution in [3.63, 3.8) is 0 Å². The number of carbonyl (C=O) groups is 1. The van der Waals surface area contributed by atoms with E-state index in [1.165, 1.54) is 89.9 Å². The van der Waals surface area contributed by atoms with Gasteiger partial charge in [0.2, 0.25) is 0 Å². The maximum absolute atomic E-state index is 11.4. The monoisotopic (exact) mass is 422 g/mol. The lowest BCUT2D eigenvalue weighted by molar-refractivity contribution is -0.369. The molecule has 0 aliphatic rings. The molecule has 28 heavy (non-hydrogen) atoms. The van der Waals surface area contributed by atoms with Gasteiger partial charge in [0.15, 0.2) is 0 Å². The Kier molecular flexibility index (Phi) is 28.0. The molecule has 0 bridgehead atoms. The van der Waals surface area contributed by atoms with Crippen LogP contribution in [0.15, 0.2) is 0 Å². The maximum Gasteiger partial charge on any atom is 0.485 e. The molecule has 0 saturated carbocycles. The second-order valence-corrected chi connectivity index (χ2v) is 7.84. The van der Waals surface area contributed by atoms with E-state index in [0.29, 0.717) is 13.0 Å². The van der Waals surface area contributed by atoms with Crippen LogP contribution in [0.25, 0.3) is 0 Å². The number of rotatable bonds is 19. The maximum atomic E-state index is 11.4. The SMILES string of the molecule is CCCCCCCCCCCCCCCCCC(=O)OCCC[NH3+].O=[P+]([O-])O. The molecular weight excluding hydrogens is 377 g/mol. The first-order valence-electron chi connectivity index (χ1n) is 11.3. The lowest BCUT2D eigenvalue weighted by atomic mass is 10.0. The summed E-state index contributed by atoms with van der Waals surface area (Å²) in [6.07, 6.45) is 21.8. The first-order valence-corrected chi connectivity index (χ1v) is 12.5. The van der Waals surface area contributed by atoms with Crippen LogP contribution >= 0.6 is 8.25 Å². The van der Waals surface area contributed by atoms with Gasteiger partial charge in [-0.2, -0.15) is 4.89 Å². The van der Waals surface area contributed by atoms with Gasteiger partial charge in [-0.1, -0.05) is 96.8 Å². The Morgan fingerprint density at radius 1 is 0.821 bits per heavy atom. The van der Waals surface area contributed by atoms with Gasteiger partial charge in [-0.15, -0.1) is 0 Å². The highest BCUT2D eigenvalue weighted by Crippen LogP contribution is 2.13. The molecule has 6 nitrogen and oxygen atoms in total. The third-order valence-electron chi connectivity index (χ3n) is 4.64. The summed E-state index contributed by atoms with van der Waals surface area (Å²) in [4.78, 5) is 27.0. The summed E-state index contributed by atoms with van der Waals surface area (Å²) < 4.78 is 13.7. The third kappa shape index (κ3) is 33.1. The fourth-order valence-electron chi connectivity index (χ4n) is 3.00. The second-order valence-electron chi connectivity index (χ2n) is 7.37. The number of carbonyl (C=O) groups excluding carboxylic acids is 1. The number of ether oxygens (including phenoxy) is 1. The van der Waals surface area contributed by atoms with Crippen molar-refractivity contribution < 1.29 is 29.6 Å². The molecule has 0 amide bonds. The molecule has 0 spiro atoms. The lowest BCUT2D eigenvalue weighted by Crippen LogP contribution is -2.50. The summed E-state index contributed by atoms with van der Waals surface area (Å²) in [5.74, 6) is -0.0295. The molecule has 0 fully saturated rings. The quantitative estimate of drug-likeness (QED) is 0.182. The zero-order chi connectivity index (χ0) is 21.3. The standard InChI is InChI=1S/C21H43NO2.HO3P/c1-2-3-4-5-6-7-8-9-10-11-12-13-14-15-16-18-21(23)24-20-17-19-22;1-4(2)3/h2-20,22H2,1H3;(H,1,2,3)/p+1. The second kappa shape index (κ2) is 26.4. The Labute approximate surface area is 173 Å². The summed E-state index contributed by atoms with van der Waals surface area (Å²) >= 11 is 0. The van der Waals surface area contributed by atoms with Crippen molar-refractivity contribution in [1.82, 2.24) is 0 Å². The Balaban J connectivity index is 0. The zero-order valence-electron chi connectivity index (χ0n) is 18.2. The zero-order valence-corrected chi connectivity index (χ0v) is 19.1. The third-order valence-corrected chi connectivity index (χ3v) is 4.64. The highest BCUT2D eigenvalue weighted by Gasteiger charge is 2.02. The predicted molar refractivity (Wildman–Crippen MR) is 113 cm³/mol. The molecule has 0 aliphatic heterocycles. The highest BCUT2D eigenvalue weighted by atomic mass is 31.1. The number of quaternary nitrogens is 1. The van der Waals surface area contributed by atoms with Crippen LogP contribution < -0.4 is 10.6 Å². The molecule has 0 aromatic rings. The molecule has 0 aromatic carbocycles. The van der Waals surface area contributed by atoms with Gasteiger partial charge in [-0.05, 0) is 11.0 Å². The molecule has 168 valence electrons. The molecule has 0 rings (SSSR count). The Morgan fingerprint density at radius 2 is 1.18 bits per heavy atom. The van der Waals surface area contributed by atoms with Crippen LogP contribution in [0.1, 0.15) is 116 Å². The van der Waals surface area contributed by atoms with Crippen LogP contribution in [0.5, 0.6) is 0 Å². The average Bonchev–Trinajstić information content (AvgIpc) is 2.64. The number of esters is 1. The van der Waals surface area contributed by atoms with Crippen molar-refractivity contribution >= 4 is 14.2 Å². The van der Waals surface area contributed by atoms with Gasteiger partial charge in [0.05, 0.1) is 13.2 Å². The van der Waals surface area contributed by atoms with Crippen molar-refractivity contribution in [2.45, 2.75) is 116 Å². The molecule has 7 heteroatoms. The van der Waals surface area contributed by atoms with E-state index in [4.69, 9.17) is 19.1 Å². The summed E-state index contributed by atoms with van der Waals surface area (Å²) in [6.45, 7) is 3.66. The summed E-state index contributed by atoms with van der Waals surface area (Å²) in [5, 5.41) is 0. The van der Waals surface area contributed by atoms with E-state index < -0.39 is 8.25 Å². The topological polar surface area (TPSA) is 114 Å². The largest absolute Gasteiger partial charge is 0.567 e. The minimum Gasteiger partial charge on any atom is -0.567 e. The van der Waals surface area contributed by atoms with Gasteiger partial charge in [-0.25, -0.2) is 0 Å². The molecule has 0 aromatic heterocycles. The minimum absolute atomic E-state index is 0.0295. The van der Waals surface area contributed by atoms with Crippen molar-refractivity contribution in [3.05, 3.63) is 0 Å². The summed E-state index contributed by atoms with van der Waals surface area (Å²) in [7, 11) is -3.12. The van der Waals surface area contributed by atoms with E-state index in [-0.39, 0.29) is 5.97 Å². The molecule has 0 radical (unpaired) electrons. The van der Waals surface area contributed by atoms with Crippen LogP contribution in [0.3, 0.4) is 0 Å². The van der Waals surface area contributed by atoms with E-state index in [0.717, 1.165) is 19.4 Å². The van der Waals surface area contributed by atoms with Gasteiger partial charge >= 0.3 is 14.2 Å². The number of unbranched alkanes of at least 4 members (excludes halogenated alkanes) is 14. The molecule has 0 saturated heterocycles. The van der Waals surface area contributed by atoms with Crippen LogP contribution in [-0.4, -0.2) is 24.0 Å². The molecular formula is C21H45NO5P+. The average molecular weight is 423 g/mol. The highest BCUT2D eigenvalue weighted by molar-refractivity contribution is 7.29. The van der Waals surface area contributed by atoms with Crippen LogP contribution in [0.2, 0.25) is 0 Å². The Morgan fingerprint density at radius 3 is 1.54 bits per heavy atom. The van der Waals surface area contributed by atoms with Gasteiger partial charge < -0.3 is 15.4 Å². The molecule has 1 unspecified atom stereocenters. The fraction of sp³-hybridized carbons (Fsp3) is 0.952. The molecule has 0 heterocycles. The van der Waals surface area contributed by atoms with Gasteiger partial charge in [0.1, 0.15) is 0 Å². The van der Waals surface area contributed by atoms with E-state index in [1.807, 2.05) is 0 Å². The smallest absolute Gasteiger partial charge is 0.485 e. The van der Waals surface area contributed by atoms with Crippen molar-refractivity contribution in [1.29, 1.82) is 0 Å². The molecule has 4 N–H and O–H groups in total. The van der Waals surface area contributed by atoms with E-state index >= 15 is 0 Å². The van der Waals surface area contributed by atoms with E-state index in [9.17, 15) is 4.79 Å². The van der Waals surface area contributed by atoms with Crippen LogP contribution in [0, 0.1) is 0 Å². The number of hydrogen-bond acceptors (Lipinski definition) is 4. The Bertz CT molecular complexity index is 339.